The summed E-state index contributed by atoms with van der Waals surface area (Å²) in [4.78, 5) is 2.45. The summed E-state index contributed by atoms with van der Waals surface area (Å²) in [6, 6.07) is 0. The maximum absolute atomic E-state index is 6.29. The van der Waals surface area contributed by atoms with Crippen LogP contribution < -0.4 is 0 Å². The van der Waals surface area contributed by atoms with Crippen LogP contribution in [-0.2, 0) is 4.74 Å². The minimum Gasteiger partial charge on any atom is -0.359 e. The quantitative estimate of drug-likeness (QED) is 0.637. The third-order valence-corrected chi connectivity index (χ3v) is 4.34. The maximum Gasteiger partial charge on any atom is 0.100 e. The third kappa shape index (κ3) is 3.45. The van der Waals surface area contributed by atoms with Crippen molar-refractivity contribution in [2.45, 2.75) is 73.0 Å². The highest BCUT2D eigenvalue weighted by atomic mass is 16.5. The second-order valence-corrected chi connectivity index (χ2v) is 7.96. The Labute approximate surface area is 108 Å². The molecule has 1 fully saturated rings. The monoisotopic (exact) mass is 241 g/mol. The summed E-state index contributed by atoms with van der Waals surface area (Å²) >= 11 is 0. The molecule has 1 aliphatic rings. The molecule has 0 spiro atoms. The molecule has 0 amide bonds. The van der Waals surface area contributed by atoms with Crippen molar-refractivity contribution < 1.29 is 4.74 Å². The molecular formula is C15H31NO. The zero-order valence-electron chi connectivity index (χ0n) is 13.1. The van der Waals surface area contributed by atoms with E-state index in [1.165, 1.54) is 0 Å². The number of ether oxygens (including phenoxy) is 1. The molecule has 0 unspecified atom stereocenters. The normalized spacial score (nSPS) is 33.5. The molecule has 17 heavy (non-hydrogen) atoms. The third-order valence-electron chi connectivity index (χ3n) is 4.34. The fourth-order valence-corrected chi connectivity index (χ4v) is 2.43. The fourth-order valence-electron chi connectivity index (χ4n) is 2.43. The van der Waals surface area contributed by atoms with Crippen molar-refractivity contribution in [2.75, 3.05) is 13.3 Å². The van der Waals surface area contributed by atoms with Crippen LogP contribution >= 0.6 is 0 Å². The molecule has 1 saturated heterocycles. The summed E-state index contributed by atoms with van der Waals surface area (Å²) < 4.78 is 6.29. The van der Waals surface area contributed by atoms with Gasteiger partial charge in [0.25, 0.3) is 0 Å². The number of rotatable bonds is 0. The first-order valence-corrected chi connectivity index (χ1v) is 6.85. The van der Waals surface area contributed by atoms with Gasteiger partial charge in [-0.25, -0.2) is 0 Å². The van der Waals surface area contributed by atoms with Gasteiger partial charge in [-0.05, 0) is 45.4 Å². The summed E-state index contributed by atoms with van der Waals surface area (Å²) in [6.07, 6.45) is 1.14. The van der Waals surface area contributed by atoms with Gasteiger partial charge in [0, 0.05) is 12.1 Å². The zero-order valence-corrected chi connectivity index (χ0v) is 13.1. The summed E-state index contributed by atoms with van der Waals surface area (Å²) in [5, 5.41) is 0. The average molecular weight is 241 g/mol. The Kier molecular flexibility index (Phi) is 4.01. The van der Waals surface area contributed by atoms with E-state index in [-0.39, 0.29) is 16.6 Å². The molecule has 0 aromatic carbocycles. The van der Waals surface area contributed by atoms with Crippen LogP contribution in [0.15, 0.2) is 0 Å². The Bertz CT molecular complexity index is 261. The Morgan fingerprint density at radius 2 is 1.65 bits per heavy atom. The first-order chi connectivity index (χ1) is 7.46. The smallest absolute Gasteiger partial charge is 0.100 e. The second kappa shape index (κ2) is 4.55. The van der Waals surface area contributed by atoms with E-state index < -0.39 is 0 Å². The molecule has 1 rings (SSSR count). The molecule has 0 aromatic rings. The lowest BCUT2D eigenvalue weighted by Crippen LogP contribution is -2.46. The predicted octanol–water partition coefficient (Wildman–Crippen LogP) is 3.91. The van der Waals surface area contributed by atoms with E-state index in [1.54, 1.807) is 0 Å². The van der Waals surface area contributed by atoms with E-state index in [1.807, 2.05) is 0 Å². The van der Waals surface area contributed by atoms with Gasteiger partial charge >= 0.3 is 0 Å². The van der Waals surface area contributed by atoms with Crippen LogP contribution in [0.25, 0.3) is 0 Å². The van der Waals surface area contributed by atoms with Gasteiger partial charge in [0.05, 0.1) is 5.60 Å². The highest BCUT2D eigenvalue weighted by Gasteiger charge is 2.43. The second-order valence-electron chi connectivity index (χ2n) is 7.96. The van der Waals surface area contributed by atoms with Gasteiger partial charge in [-0.3, -0.25) is 4.90 Å². The molecule has 0 aliphatic carbocycles. The van der Waals surface area contributed by atoms with E-state index >= 15 is 0 Å². The largest absolute Gasteiger partial charge is 0.359 e. The van der Waals surface area contributed by atoms with E-state index in [0.29, 0.717) is 5.92 Å². The summed E-state index contributed by atoms with van der Waals surface area (Å²) in [7, 11) is 0. The Morgan fingerprint density at radius 3 is 2.06 bits per heavy atom. The van der Waals surface area contributed by atoms with Gasteiger partial charge in [0.2, 0.25) is 0 Å². The van der Waals surface area contributed by atoms with Gasteiger partial charge in [0.15, 0.2) is 0 Å². The molecule has 0 bridgehead atoms. The van der Waals surface area contributed by atoms with Gasteiger partial charge in [0.1, 0.15) is 6.73 Å². The zero-order chi connectivity index (χ0) is 13.5. The lowest BCUT2D eigenvalue weighted by molar-refractivity contribution is -0.139. The van der Waals surface area contributed by atoms with Crippen LogP contribution in [0, 0.1) is 11.3 Å². The maximum atomic E-state index is 6.29. The van der Waals surface area contributed by atoms with Crippen molar-refractivity contribution >= 4 is 0 Å². The molecule has 2 heteroatoms. The average Bonchev–Trinajstić information content (AvgIpc) is 2.22. The Hall–Kier alpha value is -0.0800. The van der Waals surface area contributed by atoms with Crippen LogP contribution in [0.3, 0.4) is 0 Å². The molecule has 0 radical (unpaired) electrons. The molecule has 1 heterocycles. The Morgan fingerprint density at radius 1 is 1.12 bits per heavy atom. The first kappa shape index (κ1) is 15.0. The topological polar surface area (TPSA) is 12.5 Å². The Balaban J connectivity index is 2.87. The summed E-state index contributed by atoms with van der Waals surface area (Å²) in [5.41, 5.74) is 0.360. The highest BCUT2D eigenvalue weighted by molar-refractivity contribution is 4.92. The van der Waals surface area contributed by atoms with Crippen LogP contribution in [0.1, 0.15) is 61.8 Å². The van der Waals surface area contributed by atoms with Gasteiger partial charge in [-0.2, -0.15) is 0 Å². The van der Waals surface area contributed by atoms with Crippen molar-refractivity contribution in [1.29, 1.82) is 0 Å². The molecule has 0 aromatic heterocycles. The van der Waals surface area contributed by atoms with E-state index in [2.05, 4.69) is 60.3 Å². The minimum atomic E-state index is -0.0214. The lowest BCUT2D eigenvalue weighted by Gasteiger charge is -2.42. The van der Waals surface area contributed by atoms with Crippen molar-refractivity contribution in [2.24, 2.45) is 11.3 Å². The number of nitrogens with zero attached hydrogens (tertiary/aromatic N) is 1. The molecule has 0 N–H and O–H groups in total. The van der Waals surface area contributed by atoms with Crippen molar-refractivity contribution in [3.63, 3.8) is 0 Å². The van der Waals surface area contributed by atoms with Crippen molar-refractivity contribution in [1.82, 2.24) is 4.90 Å². The number of hydrogen-bond acceptors (Lipinski definition) is 2. The molecule has 2 nitrogen and oxygen atoms in total. The highest BCUT2D eigenvalue weighted by Crippen LogP contribution is 2.41. The minimum absolute atomic E-state index is 0.0214. The molecule has 2 atom stereocenters. The van der Waals surface area contributed by atoms with E-state index in [4.69, 9.17) is 4.74 Å². The van der Waals surface area contributed by atoms with Gasteiger partial charge in [-0.1, -0.05) is 27.7 Å². The molecular weight excluding hydrogens is 210 g/mol. The van der Waals surface area contributed by atoms with E-state index in [9.17, 15) is 0 Å². The first-order valence-electron chi connectivity index (χ1n) is 6.85. The SMILES string of the molecule is C[C@H]1CN(C(C)(C)C)CO[C@@](C)(C(C)(C)C)C1. The standard InChI is InChI=1S/C15H31NO/c1-12-9-15(8,13(2,3)4)17-11-16(10-12)14(5,6)7/h12H,9-11H2,1-8H3/t12-,15-/m1/s1. The fraction of sp³-hybridized carbons (Fsp3) is 1.00. The van der Waals surface area contributed by atoms with Gasteiger partial charge in [-0.15, -0.1) is 0 Å². The van der Waals surface area contributed by atoms with Crippen molar-refractivity contribution in [3.8, 4) is 0 Å². The molecule has 102 valence electrons. The molecule has 0 saturated carbocycles. The van der Waals surface area contributed by atoms with Crippen LogP contribution in [0.5, 0.6) is 0 Å². The summed E-state index contributed by atoms with van der Waals surface area (Å²) in [6.45, 7) is 20.2. The van der Waals surface area contributed by atoms with E-state index in [0.717, 1.165) is 19.7 Å². The van der Waals surface area contributed by atoms with Crippen molar-refractivity contribution in [3.05, 3.63) is 0 Å². The summed E-state index contributed by atoms with van der Waals surface area (Å²) in [5.74, 6) is 0.681. The lowest BCUT2D eigenvalue weighted by atomic mass is 9.73. The predicted molar refractivity (Wildman–Crippen MR) is 74.1 cm³/mol. The van der Waals surface area contributed by atoms with Crippen LogP contribution in [0.4, 0.5) is 0 Å². The molecule has 1 aliphatic heterocycles. The van der Waals surface area contributed by atoms with Crippen LogP contribution in [-0.4, -0.2) is 29.3 Å². The number of hydrogen-bond donors (Lipinski definition) is 0. The van der Waals surface area contributed by atoms with Gasteiger partial charge < -0.3 is 4.74 Å². The van der Waals surface area contributed by atoms with Crippen LogP contribution in [0.2, 0.25) is 0 Å².